The van der Waals surface area contributed by atoms with Crippen LogP contribution in [0.25, 0.3) is 11.1 Å². The number of aliphatic hydroxyl groups is 1. The molecule has 0 spiro atoms. The molecule has 10 heteroatoms. The van der Waals surface area contributed by atoms with Crippen LogP contribution in [0.1, 0.15) is 73.7 Å². The lowest BCUT2D eigenvalue weighted by Crippen LogP contribution is -2.31. The highest BCUT2D eigenvalue weighted by Crippen LogP contribution is 2.40. The molecule has 1 aliphatic rings. The van der Waals surface area contributed by atoms with Gasteiger partial charge in [-0.3, -0.25) is 14.4 Å². The van der Waals surface area contributed by atoms with Gasteiger partial charge in [0.25, 0.3) is 0 Å². The third kappa shape index (κ3) is 10.8. The number of aliphatic carboxylic acids is 1. The molecule has 0 aliphatic carbocycles. The van der Waals surface area contributed by atoms with Gasteiger partial charge in [-0.1, -0.05) is 72.8 Å². The van der Waals surface area contributed by atoms with Crippen molar-refractivity contribution in [1.82, 2.24) is 5.32 Å². The molecule has 0 unspecified atom stereocenters. The number of amides is 2. The molecule has 0 radical (unpaired) electrons. The SMILES string of the molecule is CC(=O)Nc1ccc(SC[C@H]2C[C@@H](c3ccc(CO)cc3)O[C@@H](c3ccc(-c4ccccc4CNC(=O)CCCCC(=O)O)cc3)O2)cc1. The van der Waals surface area contributed by atoms with Gasteiger partial charge in [-0.2, -0.15) is 0 Å². The Morgan fingerprint density at radius 1 is 0.837 bits per heavy atom. The number of hydrogen-bond acceptors (Lipinski definition) is 7. The first kappa shape index (κ1) is 35.8. The highest BCUT2D eigenvalue weighted by molar-refractivity contribution is 7.99. The summed E-state index contributed by atoms with van der Waals surface area (Å²) < 4.78 is 13.1. The van der Waals surface area contributed by atoms with Crippen molar-refractivity contribution in [3.63, 3.8) is 0 Å². The number of rotatable bonds is 15. The molecule has 4 aromatic rings. The third-order valence-electron chi connectivity index (χ3n) is 8.26. The van der Waals surface area contributed by atoms with Crippen molar-refractivity contribution in [2.24, 2.45) is 0 Å². The quantitative estimate of drug-likeness (QED) is 0.0753. The first-order valence-corrected chi connectivity index (χ1v) is 17.4. The Labute approximate surface area is 291 Å². The van der Waals surface area contributed by atoms with Crippen LogP contribution >= 0.6 is 11.8 Å². The van der Waals surface area contributed by atoms with Gasteiger partial charge in [0.1, 0.15) is 0 Å². The van der Waals surface area contributed by atoms with E-state index >= 15 is 0 Å². The van der Waals surface area contributed by atoms with Crippen LogP contribution in [0.5, 0.6) is 0 Å². The lowest BCUT2D eigenvalue weighted by atomic mass is 9.97. The predicted molar refractivity (Wildman–Crippen MR) is 190 cm³/mol. The second kappa shape index (κ2) is 17.8. The standard InChI is InChI=1S/C39H42N2O7S/c1-26(43)41-32-18-20-34(21-19-32)49-25-33-22-36(29-12-10-27(24-42)11-13-29)48-39(47-33)30-16-14-28(15-17-30)35-7-3-2-6-31(35)23-40-37(44)8-4-5-9-38(45)46/h2-3,6-7,10-21,33,36,39,42H,4-5,8-9,22-25H2,1H3,(H,40,44)(H,41,43)(H,45,46)/t33-,36+,39+/m1/s1. The van der Waals surface area contributed by atoms with Gasteiger partial charge in [0.2, 0.25) is 11.8 Å². The van der Waals surface area contributed by atoms with Gasteiger partial charge in [-0.15, -0.1) is 11.8 Å². The number of hydrogen-bond donors (Lipinski definition) is 4. The zero-order chi connectivity index (χ0) is 34.6. The molecule has 0 aromatic heterocycles. The Hall–Kier alpha value is -4.48. The minimum atomic E-state index is -0.850. The molecule has 49 heavy (non-hydrogen) atoms. The predicted octanol–water partition coefficient (Wildman–Crippen LogP) is 7.40. The van der Waals surface area contributed by atoms with Gasteiger partial charge in [-0.25, -0.2) is 0 Å². The first-order valence-electron chi connectivity index (χ1n) is 16.4. The molecule has 3 atom stereocenters. The molecule has 1 saturated heterocycles. The van der Waals surface area contributed by atoms with Crippen LogP contribution in [-0.4, -0.2) is 39.9 Å². The lowest BCUT2D eigenvalue weighted by Gasteiger charge is -2.36. The van der Waals surface area contributed by atoms with Crippen molar-refractivity contribution < 1.29 is 34.1 Å². The van der Waals surface area contributed by atoms with Crippen LogP contribution < -0.4 is 10.6 Å². The van der Waals surface area contributed by atoms with Gasteiger partial charge < -0.3 is 30.3 Å². The number of aliphatic hydroxyl groups excluding tert-OH is 1. The second-order valence-corrected chi connectivity index (χ2v) is 13.1. The number of carboxylic acid groups (broad SMARTS) is 1. The van der Waals surface area contributed by atoms with Gasteiger partial charge in [0.15, 0.2) is 6.29 Å². The first-order chi connectivity index (χ1) is 23.8. The molecule has 256 valence electrons. The summed E-state index contributed by atoms with van der Waals surface area (Å²) in [5.41, 5.74) is 6.49. The van der Waals surface area contributed by atoms with Gasteiger partial charge in [-0.05, 0) is 64.9 Å². The number of benzene rings is 4. The normalized spacial score (nSPS) is 17.3. The van der Waals surface area contributed by atoms with E-state index in [1.165, 1.54) is 6.92 Å². The molecule has 9 nitrogen and oxygen atoms in total. The Morgan fingerprint density at radius 2 is 1.53 bits per heavy atom. The summed E-state index contributed by atoms with van der Waals surface area (Å²) in [6, 6.07) is 31.6. The average Bonchev–Trinajstić information content (AvgIpc) is 3.12. The maximum Gasteiger partial charge on any atom is 0.303 e. The van der Waals surface area contributed by atoms with Crippen molar-refractivity contribution in [1.29, 1.82) is 0 Å². The van der Waals surface area contributed by atoms with Crippen molar-refractivity contribution in [3.8, 4) is 11.1 Å². The summed E-state index contributed by atoms with van der Waals surface area (Å²) in [6.07, 6.45) is 1.15. The van der Waals surface area contributed by atoms with Gasteiger partial charge in [0, 0.05) is 54.6 Å². The Morgan fingerprint density at radius 3 is 2.22 bits per heavy atom. The highest BCUT2D eigenvalue weighted by atomic mass is 32.2. The highest BCUT2D eigenvalue weighted by Gasteiger charge is 2.32. The number of nitrogens with one attached hydrogen (secondary N) is 2. The molecule has 5 rings (SSSR count). The number of carboxylic acids is 1. The van der Waals surface area contributed by atoms with E-state index in [1.54, 1.807) is 11.8 Å². The number of carbonyl (C=O) groups is 3. The number of thioether (sulfide) groups is 1. The van der Waals surface area contributed by atoms with Gasteiger partial charge in [0.05, 0.1) is 18.8 Å². The number of anilines is 1. The summed E-state index contributed by atoms with van der Waals surface area (Å²) in [6.45, 7) is 1.84. The van der Waals surface area contributed by atoms with Crippen molar-refractivity contribution in [2.75, 3.05) is 11.1 Å². The van der Waals surface area contributed by atoms with E-state index in [4.69, 9.17) is 14.6 Å². The Kier molecular flexibility index (Phi) is 13.0. The summed E-state index contributed by atoms with van der Waals surface area (Å²) >= 11 is 1.69. The zero-order valence-electron chi connectivity index (χ0n) is 27.5. The van der Waals surface area contributed by atoms with Crippen LogP contribution in [0.4, 0.5) is 5.69 Å². The molecule has 2 amide bonds. The van der Waals surface area contributed by atoms with Crippen LogP contribution in [0.2, 0.25) is 0 Å². The molecule has 1 heterocycles. The third-order valence-corrected chi connectivity index (χ3v) is 9.40. The van der Waals surface area contributed by atoms with Crippen LogP contribution in [0.3, 0.4) is 0 Å². The van der Waals surface area contributed by atoms with E-state index in [-0.39, 0.29) is 37.0 Å². The average molecular weight is 683 g/mol. The molecular weight excluding hydrogens is 641 g/mol. The second-order valence-electron chi connectivity index (χ2n) is 12.0. The van der Waals surface area contributed by atoms with Crippen LogP contribution in [0.15, 0.2) is 102 Å². The van der Waals surface area contributed by atoms with E-state index in [1.807, 2.05) is 97.1 Å². The minimum Gasteiger partial charge on any atom is -0.481 e. The lowest BCUT2D eigenvalue weighted by molar-refractivity contribution is -0.245. The largest absolute Gasteiger partial charge is 0.481 e. The number of carbonyl (C=O) groups excluding carboxylic acids is 2. The fourth-order valence-corrected chi connectivity index (χ4v) is 6.59. The van der Waals surface area contributed by atoms with E-state index < -0.39 is 12.3 Å². The van der Waals surface area contributed by atoms with Crippen LogP contribution in [0, 0.1) is 0 Å². The van der Waals surface area contributed by atoms with E-state index in [9.17, 15) is 19.5 Å². The maximum absolute atomic E-state index is 12.4. The summed E-state index contributed by atoms with van der Waals surface area (Å²) in [5, 5.41) is 24.1. The van der Waals surface area contributed by atoms with Crippen LogP contribution in [-0.2, 0) is 37.0 Å². The van der Waals surface area contributed by atoms with Crippen molar-refractivity contribution in [2.45, 2.75) is 75.6 Å². The topological polar surface area (TPSA) is 134 Å². The monoisotopic (exact) mass is 682 g/mol. The fraction of sp³-hybridized carbons (Fsp3) is 0.308. The molecule has 0 saturated carbocycles. The van der Waals surface area contributed by atoms with E-state index in [0.717, 1.165) is 44.0 Å². The number of ether oxygens (including phenoxy) is 2. The summed E-state index contributed by atoms with van der Waals surface area (Å²) in [7, 11) is 0. The molecule has 4 N–H and O–H groups in total. The van der Waals surface area contributed by atoms with Gasteiger partial charge >= 0.3 is 5.97 Å². The van der Waals surface area contributed by atoms with Crippen molar-refractivity contribution in [3.05, 3.63) is 119 Å². The Balaban J connectivity index is 1.27. The zero-order valence-corrected chi connectivity index (χ0v) is 28.3. The molecule has 4 aromatic carbocycles. The van der Waals surface area contributed by atoms with Crippen molar-refractivity contribution >= 4 is 35.2 Å². The Bertz CT molecular complexity index is 1690. The fourth-order valence-electron chi connectivity index (χ4n) is 5.67. The smallest absolute Gasteiger partial charge is 0.303 e. The number of unbranched alkanes of at least 4 members (excludes halogenated alkanes) is 1. The molecule has 0 bridgehead atoms. The molecular formula is C39H42N2O7S. The maximum atomic E-state index is 12.4. The molecule has 1 aliphatic heterocycles. The van der Waals surface area contributed by atoms with E-state index in [0.29, 0.717) is 38.0 Å². The minimum absolute atomic E-state index is 0.0199. The summed E-state index contributed by atoms with van der Waals surface area (Å²) in [4.78, 5) is 35.6. The molecule has 1 fully saturated rings. The summed E-state index contributed by atoms with van der Waals surface area (Å²) in [5.74, 6) is -0.347. The van der Waals surface area contributed by atoms with E-state index in [2.05, 4.69) is 10.6 Å².